The lowest BCUT2D eigenvalue weighted by Gasteiger charge is -2.06. The van der Waals surface area contributed by atoms with E-state index in [1.54, 1.807) is 24.0 Å². The Labute approximate surface area is 110 Å². The highest BCUT2D eigenvalue weighted by atomic mass is 35.5. The Morgan fingerprint density at radius 3 is 3.00 bits per heavy atom. The predicted octanol–water partition coefficient (Wildman–Crippen LogP) is 3.01. The largest absolute Gasteiger partial charge is 0.461 e. The molecule has 0 atom stereocenters. The number of aromatic nitrogens is 2. The lowest BCUT2D eigenvalue weighted by Crippen LogP contribution is -2.04. The molecule has 1 aromatic carbocycles. The number of esters is 1. The van der Waals surface area contributed by atoms with E-state index in [1.807, 2.05) is 25.1 Å². The van der Waals surface area contributed by atoms with Gasteiger partial charge in [0.2, 0.25) is 0 Å². The highest BCUT2D eigenvalue weighted by Crippen LogP contribution is 2.19. The maximum Gasteiger partial charge on any atom is 0.358 e. The van der Waals surface area contributed by atoms with Crippen molar-refractivity contribution in [1.82, 2.24) is 9.55 Å². The number of benzene rings is 1. The van der Waals surface area contributed by atoms with E-state index in [0.717, 1.165) is 11.3 Å². The van der Waals surface area contributed by atoms with E-state index in [0.29, 0.717) is 11.6 Å². The van der Waals surface area contributed by atoms with Crippen LogP contribution >= 0.6 is 11.6 Å². The van der Waals surface area contributed by atoms with Gasteiger partial charge in [-0.05, 0) is 31.5 Å². The van der Waals surface area contributed by atoms with Crippen LogP contribution in [0.15, 0.2) is 30.7 Å². The molecular weight excluding hydrogens is 252 g/mol. The highest BCUT2D eigenvalue weighted by molar-refractivity contribution is 6.30. The van der Waals surface area contributed by atoms with Gasteiger partial charge in [0.25, 0.3) is 0 Å². The summed E-state index contributed by atoms with van der Waals surface area (Å²) in [6.45, 7) is 4.06. The van der Waals surface area contributed by atoms with Crippen LogP contribution in [0, 0.1) is 6.92 Å². The number of aryl methyl sites for hydroxylation is 1. The van der Waals surface area contributed by atoms with E-state index in [4.69, 9.17) is 16.3 Å². The zero-order valence-corrected chi connectivity index (χ0v) is 10.9. The first-order valence-corrected chi connectivity index (χ1v) is 5.97. The van der Waals surface area contributed by atoms with Gasteiger partial charge in [-0.2, -0.15) is 0 Å². The molecule has 2 aromatic rings. The quantitative estimate of drug-likeness (QED) is 0.801. The second-order valence-corrected chi connectivity index (χ2v) is 4.25. The van der Waals surface area contributed by atoms with E-state index in [-0.39, 0.29) is 5.69 Å². The SMILES string of the molecule is CCOC(=O)c1cn(-c2cc(Cl)ccc2C)cn1. The first-order chi connectivity index (χ1) is 8.61. The smallest absolute Gasteiger partial charge is 0.358 e. The summed E-state index contributed by atoms with van der Waals surface area (Å²) in [5, 5.41) is 0.641. The molecule has 2 rings (SSSR count). The topological polar surface area (TPSA) is 44.1 Å². The Kier molecular flexibility index (Phi) is 3.67. The Balaban J connectivity index is 2.35. The molecule has 0 bridgehead atoms. The summed E-state index contributed by atoms with van der Waals surface area (Å²) in [6.07, 6.45) is 3.21. The Hall–Kier alpha value is -1.81. The number of halogens is 1. The molecule has 0 saturated heterocycles. The van der Waals surface area contributed by atoms with Gasteiger partial charge in [0.05, 0.1) is 12.3 Å². The fourth-order valence-electron chi connectivity index (χ4n) is 1.63. The van der Waals surface area contributed by atoms with E-state index in [2.05, 4.69) is 4.98 Å². The zero-order chi connectivity index (χ0) is 13.1. The molecule has 5 heteroatoms. The monoisotopic (exact) mass is 264 g/mol. The van der Waals surface area contributed by atoms with Crippen LogP contribution in [0.1, 0.15) is 23.0 Å². The molecule has 0 fully saturated rings. The van der Waals surface area contributed by atoms with Crippen LogP contribution in [0.5, 0.6) is 0 Å². The minimum atomic E-state index is -0.420. The summed E-state index contributed by atoms with van der Waals surface area (Å²) >= 11 is 5.96. The molecular formula is C13H13ClN2O2. The summed E-state index contributed by atoms with van der Waals surface area (Å²) in [4.78, 5) is 15.5. The molecule has 1 heterocycles. The van der Waals surface area contributed by atoms with Crippen molar-refractivity contribution in [2.45, 2.75) is 13.8 Å². The number of hydrogen-bond acceptors (Lipinski definition) is 3. The van der Waals surface area contributed by atoms with Crippen molar-refractivity contribution in [3.63, 3.8) is 0 Å². The van der Waals surface area contributed by atoms with Crippen LogP contribution < -0.4 is 0 Å². The van der Waals surface area contributed by atoms with Crippen LogP contribution in [0.25, 0.3) is 5.69 Å². The van der Waals surface area contributed by atoms with Gasteiger partial charge >= 0.3 is 5.97 Å². The van der Waals surface area contributed by atoms with Crippen molar-refractivity contribution < 1.29 is 9.53 Å². The molecule has 0 radical (unpaired) electrons. The van der Waals surface area contributed by atoms with Crippen LogP contribution in [0.3, 0.4) is 0 Å². The molecule has 0 aliphatic heterocycles. The van der Waals surface area contributed by atoms with Crippen molar-refractivity contribution in [3.05, 3.63) is 47.0 Å². The van der Waals surface area contributed by atoms with Gasteiger partial charge in [0, 0.05) is 11.2 Å². The average Bonchev–Trinajstić information content (AvgIpc) is 2.82. The first kappa shape index (κ1) is 12.6. The molecule has 1 aromatic heterocycles. The number of carbonyl (C=O) groups excluding carboxylic acids is 1. The van der Waals surface area contributed by atoms with Crippen molar-refractivity contribution in [2.75, 3.05) is 6.61 Å². The van der Waals surface area contributed by atoms with E-state index >= 15 is 0 Å². The minimum absolute atomic E-state index is 0.288. The molecule has 0 amide bonds. The number of rotatable bonds is 3. The molecule has 0 unspecified atom stereocenters. The van der Waals surface area contributed by atoms with Crippen LogP contribution in [0.2, 0.25) is 5.02 Å². The van der Waals surface area contributed by atoms with E-state index < -0.39 is 5.97 Å². The van der Waals surface area contributed by atoms with E-state index in [9.17, 15) is 4.79 Å². The summed E-state index contributed by atoms with van der Waals surface area (Å²) in [6, 6.07) is 5.57. The molecule has 0 N–H and O–H groups in total. The molecule has 0 aliphatic rings. The number of nitrogens with zero attached hydrogens (tertiary/aromatic N) is 2. The Morgan fingerprint density at radius 2 is 2.28 bits per heavy atom. The standard InChI is InChI=1S/C13H13ClN2O2/c1-3-18-13(17)11-7-16(8-15-11)12-6-10(14)5-4-9(12)2/h4-8H,3H2,1-2H3. The lowest BCUT2D eigenvalue weighted by atomic mass is 10.2. The molecule has 0 spiro atoms. The second kappa shape index (κ2) is 5.23. The fraction of sp³-hybridized carbons (Fsp3) is 0.231. The summed E-state index contributed by atoms with van der Waals surface area (Å²) in [5.74, 6) is -0.420. The Bertz CT molecular complexity index is 578. The van der Waals surface area contributed by atoms with Crippen molar-refractivity contribution in [1.29, 1.82) is 0 Å². The number of hydrogen-bond donors (Lipinski definition) is 0. The van der Waals surface area contributed by atoms with E-state index in [1.165, 1.54) is 0 Å². The first-order valence-electron chi connectivity index (χ1n) is 5.59. The van der Waals surface area contributed by atoms with Crippen molar-refractivity contribution in [3.8, 4) is 5.69 Å². The van der Waals surface area contributed by atoms with Gasteiger partial charge < -0.3 is 9.30 Å². The summed E-state index contributed by atoms with van der Waals surface area (Å²) < 4.78 is 6.65. The van der Waals surface area contributed by atoms with Gasteiger partial charge in [-0.15, -0.1) is 0 Å². The summed E-state index contributed by atoms with van der Waals surface area (Å²) in [5.41, 5.74) is 2.23. The molecule has 0 aliphatic carbocycles. The number of carbonyl (C=O) groups is 1. The lowest BCUT2D eigenvalue weighted by molar-refractivity contribution is 0.0520. The third kappa shape index (κ3) is 2.54. The highest BCUT2D eigenvalue weighted by Gasteiger charge is 2.11. The van der Waals surface area contributed by atoms with Gasteiger partial charge in [0.1, 0.15) is 6.33 Å². The van der Waals surface area contributed by atoms with Gasteiger partial charge in [-0.25, -0.2) is 9.78 Å². The van der Waals surface area contributed by atoms with Crippen LogP contribution in [0.4, 0.5) is 0 Å². The third-order valence-corrected chi connectivity index (χ3v) is 2.75. The van der Waals surface area contributed by atoms with Crippen molar-refractivity contribution in [2.24, 2.45) is 0 Å². The zero-order valence-electron chi connectivity index (χ0n) is 10.2. The minimum Gasteiger partial charge on any atom is -0.461 e. The summed E-state index contributed by atoms with van der Waals surface area (Å²) in [7, 11) is 0. The fourth-order valence-corrected chi connectivity index (χ4v) is 1.79. The molecule has 94 valence electrons. The van der Waals surface area contributed by atoms with Crippen LogP contribution in [-0.4, -0.2) is 22.1 Å². The maximum atomic E-state index is 11.5. The number of ether oxygens (including phenoxy) is 1. The van der Waals surface area contributed by atoms with Crippen molar-refractivity contribution >= 4 is 17.6 Å². The van der Waals surface area contributed by atoms with Gasteiger partial charge in [-0.3, -0.25) is 0 Å². The predicted molar refractivity (Wildman–Crippen MR) is 69.3 cm³/mol. The van der Waals surface area contributed by atoms with Gasteiger partial charge in [0.15, 0.2) is 5.69 Å². The normalized spacial score (nSPS) is 10.4. The van der Waals surface area contributed by atoms with Crippen LogP contribution in [-0.2, 0) is 4.74 Å². The average molecular weight is 265 g/mol. The third-order valence-electron chi connectivity index (χ3n) is 2.52. The molecule has 18 heavy (non-hydrogen) atoms. The Morgan fingerprint density at radius 1 is 1.50 bits per heavy atom. The van der Waals surface area contributed by atoms with Gasteiger partial charge in [-0.1, -0.05) is 17.7 Å². The second-order valence-electron chi connectivity index (χ2n) is 3.82. The maximum absolute atomic E-state index is 11.5. The molecule has 4 nitrogen and oxygen atoms in total. The molecule has 0 saturated carbocycles. The number of imidazole rings is 1.